The first kappa shape index (κ1) is 28.4. The van der Waals surface area contributed by atoms with E-state index in [-0.39, 0.29) is 30.6 Å². The molecule has 0 aliphatic carbocycles. The van der Waals surface area contributed by atoms with Crippen LogP contribution in [0.5, 0.6) is 5.75 Å². The summed E-state index contributed by atoms with van der Waals surface area (Å²) in [5, 5.41) is 14.1. The van der Waals surface area contributed by atoms with Gasteiger partial charge in [0.15, 0.2) is 6.61 Å². The number of carbonyl (C=O) groups excluding carboxylic acids is 4. The predicted molar refractivity (Wildman–Crippen MR) is 120 cm³/mol. The number of benzene rings is 1. The molecule has 2 amide bonds. The van der Waals surface area contributed by atoms with Gasteiger partial charge in [-0.1, -0.05) is 25.8 Å². The quantitative estimate of drug-likeness (QED) is 0.248. The molecule has 3 N–H and O–H groups in total. The lowest BCUT2D eigenvalue weighted by Crippen LogP contribution is -2.48. The molecule has 0 heterocycles. The number of rotatable bonds is 15. The lowest BCUT2D eigenvalue weighted by atomic mass is 10.0. The molecule has 0 aliphatic heterocycles. The van der Waals surface area contributed by atoms with Crippen LogP contribution in [-0.2, 0) is 35.1 Å². The molecule has 1 atom stereocenters. The molecule has 188 valence electrons. The SMILES string of the molecule is CCCCCNC(=O)[C@H](Cc1ccc(OCC(=O)OC)c(C(=O)OC)c1)NC(=O)CCC(=O)O. The Bertz CT molecular complexity index is 870. The summed E-state index contributed by atoms with van der Waals surface area (Å²) in [5.41, 5.74) is 0.543. The first-order valence-corrected chi connectivity index (χ1v) is 10.9. The van der Waals surface area contributed by atoms with Crippen molar-refractivity contribution < 1.29 is 43.3 Å². The summed E-state index contributed by atoms with van der Waals surface area (Å²) in [6.45, 7) is 2.05. The molecule has 0 aliphatic rings. The second-order valence-corrected chi connectivity index (χ2v) is 7.40. The van der Waals surface area contributed by atoms with E-state index in [0.717, 1.165) is 19.3 Å². The molecule has 0 saturated heterocycles. The van der Waals surface area contributed by atoms with E-state index in [1.807, 2.05) is 6.92 Å². The third-order valence-corrected chi connectivity index (χ3v) is 4.76. The van der Waals surface area contributed by atoms with Crippen LogP contribution in [0.4, 0.5) is 0 Å². The standard InChI is InChI=1S/C23H32N2O9/c1-4-5-6-11-24-22(30)17(25-19(26)9-10-20(27)28)13-15-7-8-18(34-14-21(29)32-2)16(12-15)23(31)33-3/h7-8,12,17H,4-6,9-11,13-14H2,1-3H3,(H,24,30)(H,25,26)(H,27,28)/t17-/m0/s1. The number of carboxylic acids is 1. The third-order valence-electron chi connectivity index (χ3n) is 4.76. The summed E-state index contributed by atoms with van der Waals surface area (Å²) in [6.07, 6.45) is 2.08. The lowest BCUT2D eigenvalue weighted by Gasteiger charge is -2.19. The van der Waals surface area contributed by atoms with E-state index in [1.165, 1.54) is 26.4 Å². The largest absolute Gasteiger partial charge is 0.481 e. The Hall–Kier alpha value is -3.63. The number of esters is 2. The number of hydrogen-bond donors (Lipinski definition) is 3. The maximum Gasteiger partial charge on any atom is 0.343 e. The van der Waals surface area contributed by atoms with Gasteiger partial charge in [-0.2, -0.15) is 0 Å². The molecule has 0 aromatic heterocycles. The van der Waals surface area contributed by atoms with Crippen molar-refractivity contribution in [1.29, 1.82) is 0 Å². The van der Waals surface area contributed by atoms with Crippen molar-refractivity contribution in [3.63, 3.8) is 0 Å². The maximum absolute atomic E-state index is 12.7. The number of unbranched alkanes of at least 4 members (excludes halogenated alkanes) is 2. The molecule has 1 rings (SSSR count). The zero-order chi connectivity index (χ0) is 25.5. The van der Waals surface area contributed by atoms with Gasteiger partial charge in [-0.3, -0.25) is 14.4 Å². The van der Waals surface area contributed by atoms with Gasteiger partial charge >= 0.3 is 17.9 Å². The summed E-state index contributed by atoms with van der Waals surface area (Å²) in [7, 11) is 2.39. The van der Waals surface area contributed by atoms with E-state index >= 15 is 0 Å². The molecule has 0 fully saturated rings. The Morgan fingerprint density at radius 1 is 1.03 bits per heavy atom. The highest BCUT2D eigenvalue weighted by Gasteiger charge is 2.23. The molecule has 0 unspecified atom stereocenters. The van der Waals surface area contributed by atoms with Gasteiger partial charge in [0.25, 0.3) is 0 Å². The Labute approximate surface area is 198 Å². The number of methoxy groups -OCH3 is 2. The van der Waals surface area contributed by atoms with Gasteiger partial charge in [0.2, 0.25) is 11.8 Å². The molecule has 11 heteroatoms. The third kappa shape index (κ3) is 10.3. The number of hydrogen-bond acceptors (Lipinski definition) is 8. The topological polar surface area (TPSA) is 157 Å². The summed E-state index contributed by atoms with van der Waals surface area (Å²) in [6, 6.07) is 3.49. The molecule has 0 saturated carbocycles. The van der Waals surface area contributed by atoms with Gasteiger partial charge in [-0.05, 0) is 24.1 Å². The Morgan fingerprint density at radius 3 is 2.38 bits per heavy atom. The van der Waals surface area contributed by atoms with Crippen molar-refractivity contribution in [2.45, 2.75) is 51.5 Å². The first-order chi connectivity index (χ1) is 16.2. The van der Waals surface area contributed by atoms with Crippen molar-refractivity contribution in [2.24, 2.45) is 0 Å². The van der Waals surface area contributed by atoms with Gasteiger partial charge in [0.05, 0.1) is 20.6 Å². The fourth-order valence-electron chi connectivity index (χ4n) is 2.94. The monoisotopic (exact) mass is 480 g/mol. The number of carbonyl (C=O) groups is 5. The zero-order valence-electron chi connectivity index (χ0n) is 19.7. The summed E-state index contributed by atoms with van der Waals surface area (Å²) < 4.78 is 14.6. The van der Waals surface area contributed by atoms with Crippen LogP contribution in [0.25, 0.3) is 0 Å². The molecule has 11 nitrogen and oxygen atoms in total. The van der Waals surface area contributed by atoms with Gasteiger partial charge in [0, 0.05) is 19.4 Å². The highest BCUT2D eigenvalue weighted by molar-refractivity contribution is 5.93. The maximum atomic E-state index is 12.7. The normalized spacial score (nSPS) is 11.1. The number of aliphatic carboxylic acids is 1. The second kappa shape index (κ2) is 15.3. The number of nitrogens with one attached hydrogen (secondary N) is 2. The summed E-state index contributed by atoms with van der Waals surface area (Å²) in [4.78, 5) is 59.3. The fourth-order valence-corrected chi connectivity index (χ4v) is 2.94. The van der Waals surface area contributed by atoms with Gasteiger partial charge in [-0.25, -0.2) is 9.59 Å². The van der Waals surface area contributed by atoms with Crippen LogP contribution in [-0.4, -0.2) is 68.2 Å². The Kier molecular flexibility index (Phi) is 12.7. The first-order valence-electron chi connectivity index (χ1n) is 10.9. The fraction of sp³-hybridized carbons (Fsp3) is 0.522. The van der Waals surface area contributed by atoms with E-state index in [2.05, 4.69) is 15.4 Å². The van der Waals surface area contributed by atoms with Crippen molar-refractivity contribution in [3.8, 4) is 5.75 Å². The van der Waals surface area contributed by atoms with Crippen LogP contribution in [0.3, 0.4) is 0 Å². The Morgan fingerprint density at radius 2 is 1.76 bits per heavy atom. The number of ether oxygens (including phenoxy) is 3. The molecular weight excluding hydrogens is 448 g/mol. The van der Waals surface area contributed by atoms with Crippen LogP contribution in [0.2, 0.25) is 0 Å². The second-order valence-electron chi connectivity index (χ2n) is 7.40. The minimum atomic E-state index is -1.12. The Balaban J connectivity index is 3.06. The van der Waals surface area contributed by atoms with E-state index in [4.69, 9.17) is 14.6 Å². The van der Waals surface area contributed by atoms with E-state index in [9.17, 15) is 24.0 Å². The summed E-state index contributed by atoms with van der Waals surface area (Å²) >= 11 is 0. The average molecular weight is 481 g/mol. The van der Waals surface area contributed by atoms with Crippen molar-refractivity contribution in [1.82, 2.24) is 10.6 Å². The molecule has 1 aromatic rings. The van der Waals surface area contributed by atoms with Gasteiger partial charge in [0.1, 0.15) is 17.4 Å². The van der Waals surface area contributed by atoms with Crippen molar-refractivity contribution in [2.75, 3.05) is 27.4 Å². The van der Waals surface area contributed by atoms with E-state index in [1.54, 1.807) is 6.07 Å². The number of amides is 2. The highest BCUT2D eigenvalue weighted by atomic mass is 16.6. The van der Waals surface area contributed by atoms with Crippen molar-refractivity contribution >= 4 is 29.7 Å². The van der Waals surface area contributed by atoms with Gasteiger partial charge < -0.3 is 30.0 Å². The van der Waals surface area contributed by atoms with Crippen LogP contribution >= 0.6 is 0 Å². The molecule has 34 heavy (non-hydrogen) atoms. The van der Waals surface area contributed by atoms with Crippen LogP contribution < -0.4 is 15.4 Å². The minimum absolute atomic E-state index is 0.0275. The van der Waals surface area contributed by atoms with E-state index < -0.39 is 42.4 Å². The molecule has 0 radical (unpaired) electrons. The van der Waals surface area contributed by atoms with E-state index in [0.29, 0.717) is 12.1 Å². The average Bonchev–Trinajstić information content (AvgIpc) is 2.83. The van der Waals surface area contributed by atoms with Crippen LogP contribution in [0, 0.1) is 0 Å². The molecule has 0 bridgehead atoms. The zero-order valence-corrected chi connectivity index (χ0v) is 19.7. The highest BCUT2D eigenvalue weighted by Crippen LogP contribution is 2.22. The van der Waals surface area contributed by atoms with Crippen LogP contribution in [0.1, 0.15) is 54.9 Å². The predicted octanol–water partition coefficient (Wildman–Crippen LogP) is 1.22. The van der Waals surface area contributed by atoms with Crippen LogP contribution in [0.15, 0.2) is 18.2 Å². The smallest absolute Gasteiger partial charge is 0.343 e. The van der Waals surface area contributed by atoms with Gasteiger partial charge in [-0.15, -0.1) is 0 Å². The van der Waals surface area contributed by atoms with Crippen molar-refractivity contribution in [3.05, 3.63) is 29.3 Å². The molecule has 0 spiro atoms. The molecular formula is C23H32N2O9. The number of carboxylic acid groups (broad SMARTS) is 1. The minimum Gasteiger partial charge on any atom is -0.481 e. The summed E-state index contributed by atoms with van der Waals surface area (Å²) in [5.74, 6) is -3.39. The molecule has 1 aromatic carbocycles. The lowest BCUT2D eigenvalue weighted by molar-refractivity contribution is -0.143.